The summed E-state index contributed by atoms with van der Waals surface area (Å²) in [6, 6.07) is 2.41. The first-order valence-electron chi connectivity index (χ1n) is 7.31. The lowest BCUT2D eigenvalue weighted by atomic mass is 9.79. The van der Waals surface area contributed by atoms with Gasteiger partial charge in [-0.2, -0.15) is 0 Å². The number of methoxy groups -OCH3 is 1. The van der Waals surface area contributed by atoms with Crippen LogP contribution in [0.4, 0.5) is 0 Å². The lowest BCUT2D eigenvalue weighted by molar-refractivity contribution is 0.264. The summed E-state index contributed by atoms with van der Waals surface area (Å²) >= 11 is 3.68. The molecule has 0 aliphatic rings. The number of aryl methyl sites for hydroxylation is 1. The first kappa shape index (κ1) is 17.5. The van der Waals surface area contributed by atoms with Gasteiger partial charge in [0.1, 0.15) is 5.75 Å². The normalized spacial score (nSPS) is 13.4. The van der Waals surface area contributed by atoms with Crippen molar-refractivity contribution < 1.29 is 4.74 Å². The second-order valence-corrected chi connectivity index (χ2v) is 7.35. The second kappa shape index (κ2) is 6.95. The maximum absolute atomic E-state index is 5.71. The highest BCUT2D eigenvalue weighted by Crippen LogP contribution is 2.43. The van der Waals surface area contributed by atoms with Gasteiger partial charge in [-0.1, -0.05) is 43.6 Å². The Labute approximate surface area is 132 Å². The second-order valence-electron chi connectivity index (χ2n) is 6.50. The van der Waals surface area contributed by atoms with Crippen LogP contribution in [0.1, 0.15) is 56.8 Å². The number of ether oxygens (including phenoxy) is 1. The molecule has 0 amide bonds. The molecule has 0 saturated carbocycles. The Kier molecular flexibility index (Phi) is 6.08. The number of halogens is 1. The topological polar surface area (TPSA) is 21.3 Å². The molecule has 3 heteroatoms. The van der Waals surface area contributed by atoms with E-state index >= 15 is 0 Å². The molecule has 20 heavy (non-hydrogen) atoms. The molecule has 0 heterocycles. The molecule has 1 unspecified atom stereocenters. The molecule has 0 fully saturated rings. The van der Waals surface area contributed by atoms with Crippen LogP contribution in [0.3, 0.4) is 0 Å². The number of rotatable bonds is 5. The van der Waals surface area contributed by atoms with Crippen LogP contribution in [0.5, 0.6) is 5.75 Å². The van der Waals surface area contributed by atoms with Crippen molar-refractivity contribution in [1.29, 1.82) is 0 Å². The molecule has 1 aromatic rings. The first-order chi connectivity index (χ1) is 9.23. The Morgan fingerprint density at radius 2 is 1.90 bits per heavy atom. The minimum Gasteiger partial charge on any atom is -0.496 e. The molecule has 0 aliphatic heterocycles. The van der Waals surface area contributed by atoms with E-state index < -0.39 is 0 Å². The number of nitrogens with one attached hydrogen (secondary N) is 1. The fourth-order valence-corrected chi connectivity index (χ4v) is 3.18. The van der Waals surface area contributed by atoms with E-state index in [1.165, 1.54) is 16.7 Å². The maximum Gasteiger partial charge on any atom is 0.126 e. The van der Waals surface area contributed by atoms with Crippen molar-refractivity contribution in [1.82, 2.24) is 5.32 Å². The molecule has 0 bridgehead atoms. The smallest absolute Gasteiger partial charge is 0.126 e. The van der Waals surface area contributed by atoms with E-state index in [0.717, 1.165) is 23.2 Å². The van der Waals surface area contributed by atoms with Gasteiger partial charge in [-0.25, -0.2) is 0 Å². The van der Waals surface area contributed by atoms with E-state index in [4.69, 9.17) is 4.74 Å². The predicted molar refractivity (Wildman–Crippen MR) is 90.7 cm³/mol. The zero-order valence-corrected chi connectivity index (χ0v) is 15.4. The monoisotopic (exact) mass is 341 g/mol. The van der Waals surface area contributed by atoms with E-state index in [-0.39, 0.29) is 11.5 Å². The molecule has 2 nitrogen and oxygen atoms in total. The highest BCUT2D eigenvalue weighted by molar-refractivity contribution is 9.10. The minimum absolute atomic E-state index is 0.125. The van der Waals surface area contributed by atoms with Gasteiger partial charge in [0.05, 0.1) is 7.11 Å². The Morgan fingerprint density at radius 1 is 1.30 bits per heavy atom. The summed E-state index contributed by atoms with van der Waals surface area (Å²) in [5, 5.41) is 3.69. The van der Waals surface area contributed by atoms with Gasteiger partial charge in [-0.3, -0.25) is 0 Å². The molecule has 114 valence electrons. The van der Waals surface area contributed by atoms with Crippen LogP contribution in [0.25, 0.3) is 0 Å². The van der Waals surface area contributed by atoms with Gasteiger partial charge in [0, 0.05) is 16.1 Å². The third-order valence-electron chi connectivity index (χ3n) is 3.67. The molecule has 0 spiro atoms. The summed E-state index contributed by atoms with van der Waals surface area (Å²) in [6.07, 6.45) is 1.13. The molecule has 1 rings (SSSR count). The van der Waals surface area contributed by atoms with Crippen molar-refractivity contribution in [3.63, 3.8) is 0 Å². The van der Waals surface area contributed by atoms with Crippen LogP contribution < -0.4 is 10.1 Å². The third kappa shape index (κ3) is 3.76. The standard InChI is InChI=1S/C17H28BrNO/c1-8-9-19-16(17(4,5)6)14-12(3)13(18)10-11(2)15(14)20-7/h10,16,19H,8-9H2,1-7H3. The van der Waals surface area contributed by atoms with Crippen LogP contribution in [-0.2, 0) is 0 Å². The SMILES string of the molecule is CCCNC(c1c(C)c(Br)cc(C)c1OC)C(C)(C)C. The summed E-state index contributed by atoms with van der Waals surface area (Å²) in [5.41, 5.74) is 3.84. The number of benzene rings is 1. The predicted octanol–water partition coefficient (Wildman–Crippen LogP) is 5.16. The quantitative estimate of drug-likeness (QED) is 0.798. The van der Waals surface area contributed by atoms with Crippen molar-refractivity contribution in [3.05, 3.63) is 27.2 Å². The van der Waals surface area contributed by atoms with Gasteiger partial charge in [-0.15, -0.1) is 0 Å². The largest absolute Gasteiger partial charge is 0.496 e. The van der Waals surface area contributed by atoms with E-state index in [2.05, 4.69) is 68.9 Å². The summed E-state index contributed by atoms with van der Waals surface area (Å²) in [6.45, 7) is 14.3. The first-order valence-corrected chi connectivity index (χ1v) is 8.10. The van der Waals surface area contributed by atoms with E-state index in [1.54, 1.807) is 7.11 Å². The Morgan fingerprint density at radius 3 is 2.35 bits per heavy atom. The summed E-state index contributed by atoms with van der Waals surface area (Å²) in [5.74, 6) is 1.01. The van der Waals surface area contributed by atoms with Crippen LogP contribution in [0, 0.1) is 19.3 Å². The zero-order valence-electron chi connectivity index (χ0n) is 13.9. The summed E-state index contributed by atoms with van der Waals surface area (Å²) in [4.78, 5) is 0. The van der Waals surface area contributed by atoms with Gasteiger partial charge in [-0.05, 0) is 49.4 Å². The van der Waals surface area contributed by atoms with E-state index in [0.29, 0.717) is 0 Å². The van der Waals surface area contributed by atoms with Crippen LogP contribution >= 0.6 is 15.9 Å². The van der Waals surface area contributed by atoms with Crippen molar-refractivity contribution in [2.75, 3.05) is 13.7 Å². The van der Waals surface area contributed by atoms with Gasteiger partial charge >= 0.3 is 0 Å². The lowest BCUT2D eigenvalue weighted by Gasteiger charge is -2.35. The molecule has 1 N–H and O–H groups in total. The van der Waals surface area contributed by atoms with Crippen LogP contribution in [0.15, 0.2) is 10.5 Å². The summed E-state index contributed by atoms with van der Waals surface area (Å²) < 4.78 is 6.86. The average molecular weight is 342 g/mol. The van der Waals surface area contributed by atoms with Gasteiger partial charge in [0.15, 0.2) is 0 Å². The van der Waals surface area contributed by atoms with Crippen LogP contribution in [-0.4, -0.2) is 13.7 Å². The van der Waals surface area contributed by atoms with Crippen molar-refractivity contribution in [2.24, 2.45) is 5.41 Å². The molecule has 1 atom stereocenters. The molecule has 0 aromatic heterocycles. The van der Waals surface area contributed by atoms with Gasteiger partial charge in [0.25, 0.3) is 0 Å². The van der Waals surface area contributed by atoms with Crippen molar-refractivity contribution in [2.45, 2.75) is 54.0 Å². The maximum atomic E-state index is 5.71. The Hall–Kier alpha value is -0.540. The molecule has 0 aliphatic carbocycles. The Balaban J connectivity index is 3.45. The molecular weight excluding hydrogens is 314 g/mol. The molecule has 0 saturated heterocycles. The van der Waals surface area contributed by atoms with Gasteiger partial charge in [0.2, 0.25) is 0 Å². The average Bonchev–Trinajstić information content (AvgIpc) is 2.34. The van der Waals surface area contributed by atoms with E-state index in [1.807, 2.05) is 0 Å². The highest BCUT2D eigenvalue weighted by Gasteiger charge is 2.30. The Bertz CT molecular complexity index is 463. The minimum atomic E-state index is 0.125. The fraction of sp³-hybridized carbons (Fsp3) is 0.647. The summed E-state index contributed by atoms with van der Waals surface area (Å²) in [7, 11) is 1.76. The van der Waals surface area contributed by atoms with E-state index in [9.17, 15) is 0 Å². The van der Waals surface area contributed by atoms with Crippen molar-refractivity contribution >= 4 is 15.9 Å². The number of hydrogen-bond donors (Lipinski definition) is 1. The van der Waals surface area contributed by atoms with Crippen LogP contribution in [0.2, 0.25) is 0 Å². The lowest BCUT2D eigenvalue weighted by Crippen LogP contribution is -2.34. The molecule has 1 aromatic carbocycles. The van der Waals surface area contributed by atoms with Gasteiger partial charge < -0.3 is 10.1 Å². The molecule has 0 radical (unpaired) electrons. The third-order valence-corrected chi connectivity index (χ3v) is 4.49. The molecular formula is C17H28BrNO. The number of hydrogen-bond acceptors (Lipinski definition) is 2. The van der Waals surface area contributed by atoms with Crippen molar-refractivity contribution in [3.8, 4) is 5.75 Å². The highest BCUT2D eigenvalue weighted by atomic mass is 79.9. The zero-order chi connectivity index (χ0) is 15.5. The fourth-order valence-electron chi connectivity index (χ4n) is 2.62.